The molecule has 0 fully saturated rings. The molecule has 2 aromatic rings. The molecule has 2 aromatic carbocycles. The Balaban J connectivity index is 2.13. The van der Waals surface area contributed by atoms with Crippen LogP contribution in [0.1, 0.15) is 28.3 Å². The van der Waals surface area contributed by atoms with Crippen LogP contribution in [0.3, 0.4) is 0 Å². The first kappa shape index (κ1) is 15.4. The maximum absolute atomic E-state index is 6.27. The Kier molecular flexibility index (Phi) is 4.86. The summed E-state index contributed by atoms with van der Waals surface area (Å²) in [5.41, 5.74) is 10.8. The molecule has 2 N–H and O–H groups in total. The van der Waals surface area contributed by atoms with Gasteiger partial charge < -0.3 is 15.2 Å². The van der Waals surface area contributed by atoms with Gasteiger partial charge in [0.05, 0.1) is 13.2 Å². The minimum atomic E-state index is -0.222. The molecule has 0 bridgehead atoms. The van der Waals surface area contributed by atoms with Crippen LogP contribution in [0.15, 0.2) is 36.4 Å². The average molecular weight is 285 g/mol. The fourth-order valence-corrected chi connectivity index (χ4v) is 2.29. The molecule has 0 aliphatic carbocycles. The molecule has 112 valence electrons. The highest BCUT2D eigenvalue weighted by atomic mass is 16.5. The van der Waals surface area contributed by atoms with Crippen LogP contribution < -0.4 is 15.2 Å². The van der Waals surface area contributed by atoms with Crippen LogP contribution >= 0.6 is 0 Å². The number of benzene rings is 2. The molecule has 0 radical (unpaired) electrons. The fourth-order valence-electron chi connectivity index (χ4n) is 2.29. The van der Waals surface area contributed by atoms with Crippen molar-refractivity contribution < 1.29 is 9.47 Å². The molecule has 0 heterocycles. The standard InChI is InChI=1S/C18H23NO2/c1-12-8-9-18(20-4)15(10-12)16(19)11-21-17-7-5-6-13(2)14(17)3/h5-10,16H,11,19H2,1-4H3. The number of rotatable bonds is 5. The molecule has 0 amide bonds. The molecule has 0 aliphatic heterocycles. The van der Waals surface area contributed by atoms with E-state index in [0.717, 1.165) is 28.2 Å². The number of aryl methyl sites for hydroxylation is 2. The summed E-state index contributed by atoms with van der Waals surface area (Å²) in [6.07, 6.45) is 0. The van der Waals surface area contributed by atoms with Gasteiger partial charge in [0, 0.05) is 5.56 Å². The smallest absolute Gasteiger partial charge is 0.123 e. The van der Waals surface area contributed by atoms with E-state index >= 15 is 0 Å². The van der Waals surface area contributed by atoms with Crippen LogP contribution in [0.25, 0.3) is 0 Å². The van der Waals surface area contributed by atoms with Crippen LogP contribution in [0.2, 0.25) is 0 Å². The lowest BCUT2D eigenvalue weighted by Crippen LogP contribution is -2.20. The molecule has 2 rings (SSSR count). The summed E-state index contributed by atoms with van der Waals surface area (Å²) >= 11 is 0. The van der Waals surface area contributed by atoms with Crippen molar-refractivity contribution in [3.05, 3.63) is 58.7 Å². The zero-order valence-corrected chi connectivity index (χ0v) is 13.1. The summed E-state index contributed by atoms with van der Waals surface area (Å²) in [6.45, 7) is 6.60. The number of ether oxygens (including phenoxy) is 2. The van der Waals surface area contributed by atoms with E-state index in [4.69, 9.17) is 15.2 Å². The second-order valence-corrected chi connectivity index (χ2v) is 5.36. The third-order valence-corrected chi connectivity index (χ3v) is 3.76. The van der Waals surface area contributed by atoms with Crippen LogP contribution in [0.5, 0.6) is 11.5 Å². The number of hydrogen-bond donors (Lipinski definition) is 1. The topological polar surface area (TPSA) is 44.5 Å². The second kappa shape index (κ2) is 6.64. The Hall–Kier alpha value is -2.00. The number of methoxy groups -OCH3 is 1. The average Bonchev–Trinajstić information content (AvgIpc) is 2.48. The summed E-state index contributed by atoms with van der Waals surface area (Å²) in [5, 5.41) is 0. The van der Waals surface area contributed by atoms with E-state index in [2.05, 4.69) is 26.0 Å². The van der Waals surface area contributed by atoms with Crippen molar-refractivity contribution in [2.75, 3.05) is 13.7 Å². The summed E-state index contributed by atoms with van der Waals surface area (Å²) in [6, 6.07) is 11.8. The third kappa shape index (κ3) is 3.56. The molecule has 21 heavy (non-hydrogen) atoms. The Morgan fingerprint density at radius 3 is 2.52 bits per heavy atom. The first-order chi connectivity index (χ1) is 10.0. The van der Waals surface area contributed by atoms with E-state index < -0.39 is 0 Å². The zero-order chi connectivity index (χ0) is 15.4. The van der Waals surface area contributed by atoms with Gasteiger partial charge in [0.25, 0.3) is 0 Å². The minimum absolute atomic E-state index is 0.222. The van der Waals surface area contributed by atoms with Crippen LogP contribution in [0, 0.1) is 20.8 Å². The van der Waals surface area contributed by atoms with Crippen molar-refractivity contribution in [1.29, 1.82) is 0 Å². The van der Waals surface area contributed by atoms with Gasteiger partial charge in [-0.3, -0.25) is 0 Å². The monoisotopic (exact) mass is 285 g/mol. The van der Waals surface area contributed by atoms with Gasteiger partial charge in [-0.05, 0) is 44.0 Å². The molecule has 1 unspecified atom stereocenters. The van der Waals surface area contributed by atoms with E-state index in [0.29, 0.717) is 6.61 Å². The first-order valence-corrected chi connectivity index (χ1v) is 7.12. The van der Waals surface area contributed by atoms with Crippen molar-refractivity contribution >= 4 is 0 Å². The van der Waals surface area contributed by atoms with Crippen molar-refractivity contribution in [2.45, 2.75) is 26.8 Å². The van der Waals surface area contributed by atoms with Gasteiger partial charge in [-0.15, -0.1) is 0 Å². The highest BCUT2D eigenvalue weighted by molar-refractivity contribution is 5.40. The van der Waals surface area contributed by atoms with Gasteiger partial charge >= 0.3 is 0 Å². The Labute approximate surface area is 126 Å². The van der Waals surface area contributed by atoms with Crippen molar-refractivity contribution in [3.8, 4) is 11.5 Å². The Morgan fingerprint density at radius 1 is 1.05 bits per heavy atom. The van der Waals surface area contributed by atoms with E-state index in [-0.39, 0.29) is 6.04 Å². The largest absolute Gasteiger partial charge is 0.496 e. The van der Waals surface area contributed by atoms with Gasteiger partial charge in [0.15, 0.2) is 0 Å². The summed E-state index contributed by atoms with van der Waals surface area (Å²) < 4.78 is 11.3. The van der Waals surface area contributed by atoms with Gasteiger partial charge in [-0.1, -0.05) is 29.8 Å². The van der Waals surface area contributed by atoms with Gasteiger partial charge in [-0.2, -0.15) is 0 Å². The minimum Gasteiger partial charge on any atom is -0.496 e. The van der Waals surface area contributed by atoms with E-state index in [9.17, 15) is 0 Å². The maximum Gasteiger partial charge on any atom is 0.123 e. The molecule has 3 heteroatoms. The lowest BCUT2D eigenvalue weighted by atomic mass is 10.0. The quantitative estimate of drug-likeness (QED) is 0.911. The lowest BCUT2D eigenvalue weighted by Gasteiger charge is -2.18. The molecule has 0 saturated carbocycles. The zero-order valence-electron chi connectivity index (χ0n) is 13.1. The third-order valence-electron chi connectivity index (χ3n) is 3.76. The fraction of sp³-hybridized carbons (Fsp3) is 0.333. The number of nitrogens with two attached hydrogens (primary N) is 1. The second-order valence-electron chi connectivity index (χ2n) is 5.36. The van der Waals surface area contributed by atoms with E-state index in [1.54, 1.807) is 7.11 Å². The SMILES string of the molecule is COc1ccc(C)cc1C(N)COc1cccc(C)c1C. The van der Waals surface area contributed by atoms with Crippen LogP contribution in [-0.4, -0.2) is 13.7 Å². The predicted octanol–water partition coefficient (Wildman–Crippen LogP) is 3.70. The van der Waals surface area contributed by atoms with Crippen LogP contribution in [-0.2, 0) is 0 Å². The summed E-state index contributed by atoms with van der Waals surface area (Å²) in [4.78, 5) is 0. The molecule has 0 aromatic heterocycles. The van der Waals surface area contributed by atoms with Crippen LogP contribution in [0.4, 0.5) is 0 Å². The number of hydrogen-bond acceptors (Lipinski definition) is 3. The molecule has 0 spiro atoms. The highest BCUT2D eigenvalue weighted by Gasteiger charge is 2.13. The molecular weight excluding hydrogens is 262 g/mol. The molecule has 1 atom stereocenters. The summed E-state index contributed by atoms with van der Waals surface area (Å²) in [5.74, 6) is 1.69. The van der Waals surface area contributed by atoms with E-state index in [1.165, 1.54) is 5.56 Å². The van der Waals surface area contributed by atoms with Gasteiger partial charge in [-0.25, -0.2) is 0 Å². The Bertz CT molecular complexity index is 623. The molecule has 3 nitrogen and oxygen atoms in total. The van der Waals surface area contributed by atoms with E-state index in [1.807, 2.05) is 31.2 Å². The maximum atomic E-state index is 6.27. The molecule has 0 saturated heterocycles. The highest BCUT2D eigenvalue weighted by Crippen LogP contribution is 2.27. The Morgan fingerprint density at radius 2 is 1.81 bits per heavy atom. The van der Waals surface area contributed by atoms with Gasteiger partial charge in [0.2, 0.25) is 0 Å². The van der Waals surface area contributed by atoms with Crippen molar-refractivity contribution in [3.63, 3.8) is 0 Å². The van der Waals surface area contributed by atoms with Crippen molar-refractivity contribution in [1.82, 2.24) is 0 Å². The lowest BCUT2D eigenvalue weighted by molar-refractivity contribution is 0.284. The molecule has 0 aliphatic rings. The predicted molar refractivity (Wildman–Crippen MR) is 86.1 cm³/mol. The van der Waals surface area contributed by atoms with Crippen molar-refractivity contribution in [2.24, 2.45) is 5.73 Å². The van der Waals surface area contributed by atoms with Gasteiger partial charge in [0.1, 0.15) is 18.1 Å². The first-order valence-electron chi connectivity index (χ1n) is 7.12. The molecular formula is C18H23NO2. The normalized spacial score (nSPS) is 12.0. The summed E-state index contributed by atoms with van der Waals surface area (Å²) in [7, 11) is 1.66.